The molecule has 1 aromatic heterocycles. The molecule has 120 valence electrons. The topological polar surface area (TPSA) is 102 Å². The lowest BCUT2D eigenvalue weighted by atomic mass is 10.3. The van der Waals surface area contributed by atoms with Crippen LogP contribution in [0.4, 0.5) is 5.82 Å². The minimum absolute atomic E-state index is 0.0160. The molecule has 0 aliphatic carbocycles. The number of ether oxygens (including phenoxy) is 1. The molecule has 0 aromatic carbocycles. The van der Waals surface area contributed by atoms with Gasteiger partial charge in [-0.25, -0.2) is 13.1 Å². The maximum atomic E-state index is 12.4. The van der Waals surface area contributed by atoms with E-state index in [1.54, 1.807) is 14.0 Å². The Balaban J connectivity index is 2.05. The summed E-state index contributed by atoms with van der Waals surface area (Å²) in [6.07, 6.45) is -0.147. The summed E-state index contributed by atoms with van der Waals surface area (Å²) in [6.45, 7) is 7.14. The zero-order chi connectivity index (χ0) is 15.6. The highest BCUT2D eigenvalue weighted by molar-refractivity contribution is 7.89. The SMILES string of the molecule is CCN1CCOC(CNS(=O)(=O)c2c(N)nn(C)c2C)C1. The van der Waals surface area contributed by atoms with Crippen LogP contribution in [0.2, 0.25) is 0 Å². The van der Waals surface area contributed by atoms with Gasteiger partial charge < -0.3 is 10.5 Å². The Morgan fingerprint density at radius 1 is 1.52 bits per heavy atom. The van der Waals surface area contributed by atoms with Crippen LogP contribution in [0.5, 0.6) is 0 Å². The molecule has 21 heavy (non-hydrogen) atoms. The molecule has 0 radical (unpaired) electrons. The standard InChI is InChI=1S/C12H23N5O3S/c1-4-17-5-6-20-10(8-17)7-14-21(18,19)11-9(2)16(3)15-12(11)13/h10,14H,4-8H2,1-3H3,(H2,13,15). The summed E-state index contributed by atoms with van der Waals surface area (Å²) in [5.41, 5.74) is 6.20. The number of likely N-dealkylation sites (N-methyl/N-ethyl adjacent to an activating group) is 1. The van der Waals surface area contributed by atoms with E-state index < -0.39 is 10.0 Å². The summed E-state index contributed by atoms with van der Waals surface area (Å²) < 4.78 is 34.4. The van der Waals surface area contributed by atoms with Crippen molar-refractivity contribution in [3.63, 3.8) is 0 Å². The molecule has 0 bridgehead atoms. The van der Waals surface area contributed by atoms with Crippen molar-refractivity contribution in [2.75, 3.05) is 38.5 Å². The Labute approximate surface area is 125 Å². The minimum Gasteiger partial charge on any atom is -0.381 e. The van der Waals surface area contributed by atoms with Crippen molar-refractivity contribution >= 4 is 15.8 Å². The summed E-state index contributed by atoms with van der Waals surface area (Å²) in [5.74, 6) is 0.0160. The quantitative estimate of drug-likeness (QED) is 0.745. The lowest BCUT2D eigenvalue weighted by molar-refractivity contribution is -0.0229. The smallest absolute Gasteiger partial charge is 0.246 e. The average molecular weight is 317 g/mol. The largest absolute Gasteiger partial charge is 0.381 e. The molecule has 1 aromatic rings. The normalized spacial score (nSPS) is 20.8. The minimum atomic E-state index is -3.68. The van der Waals surface area contributed by atoms with Crippen molar-refractivity contribution in [2.24, 2.45) is 7.05 Å². The molecule has 1 saturated heterocycles. The monoisotopic (exact) mass is 317 g/mol. The van der Waals surface area contributed by atoms with Crippen LogP contribution in [-0.4, -0.2) is 62.0 Å². The molecular weight excluding hydrogens is 294 g/mol. The molecule has 0 amide bonds. The van der Waals surface area contributed by atoms with E-state index in [9.17, 15) is 8.42 Å². The number of anilines is 1. The molecule has 1 unspecified atom stereocenters. The van der Waals surface area contributed by atoms with E-state index in [1.807, 2.05) is 0 Å². The Morgan fingerprint density at radius 3 is 2.81 bits per heavy atom. The Hall–Kier alpha value is -1.16. The second-order valence-corrected chi connectivity index (χ2v) is 6.87. The fourth-order valence-electron chi connectivity index (χ4n) is 2.41. The van der Waals surface area contributed by atoms with E-state index in [4.69, 9.17) is 10.5 Å². The van der Waals surface area contributed by atoms with E-state index in [0.29, 0.717) is 12.3 Å². The number of nitrogens with one attached hydrogen (secondary N) is 1. The van der Waals surface area contributed by atoms with Crippen LogP contribution in [0, 0.1) is 6.92 Å². The molecule has 1 fully saturated rings. The van der Waals surface area contributed by atoms with Gasteiger partial charge in [-0.3, -0.25) is 9.58 Å². The number of morpholine rings is 1. The number of nitrogens with two attached hydrogens (primary N) is 1. The zero-order valence-electron chi connectivity index (χ0n) is 12.7. The third kappa shape index (κ3) is 3.54. The second kappa shape index (κ2) is 6.30. The highest BCUT2D eigenvalue weighted by atomic mass is 32.2. The summed E-state index contributed by atoms with van der Waals surface area (Å²) in [7, 11) is -2.02. The van der Waals surface area contributed by atoms with Crippen molar-refractivity contribution in [3.05, 3.63) is 5.69 Å². The van der Waals surface area contributed by atoms with E-state index >= 15 is 0 Å². The van der Waals surface area contributed by atoms with Crippen molar-refractivity contribution < 1.29 is 13.2 Å². The van der Waals surface area contributed by atoms with E-state index in [0.717, 1.165) is 19.6 Å². The molecule has 0 spiro atoms. The van der Waals surface area contributed by atoms with Crippen molar-refractivity contribution in [2.45, 2.75) is 24.8 Å². The predicted molar refractivity (Wildman–Crippen MR) is 79.4 cm³/mol. The highest BCUT2D eigenvalue weighted by Crippen LogP contribution is 2.20. The number of hydrogen-bond acceptors (Lipinski definition) is 6. The molecule has 1 aliphatic heterocycles. The molecule has 1 atom stereocenters. The van der Waals surface area contributed by atoms with Crippen LogP contribution in [0.25, 0.3) is 0 Å². The molecular formula is C12H23N5O3S. The molecule has 3 N–H and O–H groups in total. The molecule has 0 saturated carbocycles. The predicted octanol–water partition coefficient (Wildman–Crippen LogP) is -0.690. The number of aromatic nitrogens is 2. The number of aryl methyl sites for hydroxylation is 1. The first-order valence-electron chi connectivity index (χ1n) is 6.97. The summed E-state index contributed by atoms with van der Waals surface area (Å²) in [4.78, 5) is 2.28. The number of nitrogens with zero attached hydrogens (tertiary/aromatic N) is 3. The Bertz CT molecular complexity index is 598. The first-order chi connectivity index (χ1) is 9.85. The first kappa shape index (κ1) is 16.2. The van der Waals surface area contributed by atoms with Gasteiger partial charge in [-0.1, -0.05) is 6.92 Å². The van der Waals surface area contributed by atoms with Crippen LogP contribution < -0.4 is 10.5 Å². The fraction of sp³-hybridized carbons (Fsp3) is 0.750. The van der Waals surface area contributed by atoms with Gasteiger partial charge >= 0.3 is 0 Å². The number of sulfonamides is 1. The summed E-state index contributed by atoms with van der Waals surface area (Å²) >= 11 is 0. The van der Waals surface area contributed by atoms with Crippen LogP contribution in [0.3, 0.4) is 0 Å². The fourth-order valence-corrected chi connectivity index (χ4v) is 3.80. The summed E-state index contributed by atoms with van der Waals surface area (Å²) in [5, 5.41) is 3.93. The Morgan fingerprint density at radius 2 is 2.24 bits per heavy atom. The van der Waals surface area contributed by atoms with Gasteiger partial charge in [0, 0.05) is 26.7 Å². The van der Waals surface area contributed by atoms with Gasteiger partial charge in [0.25, 0.3) is 0 Å². The van der Waals surface area contributed by atoms with Crippen molar-refractivity contribution in [1.29, 1.82) is 0 Å². The maximum absolute atomic E-state index is 12.4. The lowest BCUT2D eigenvalue weighted by Gasteiger charge is -2.32. The molecule has 9 heteroatoms. The van der Waals surface area contributed by atoms with Crippen LogP contribution >= 0.6 is 0 Å². The molecule has 1 aliphatic rings. The second-order valence-electron chi connectivity index (χ2n) is 5.16. The maximum Gasteiger partial charge on any atom is 0.246 e. The van der Waals surface area contributed by atoms with Gasteiger partial charge in [-0.05, 0) is 13.5 Å². The van der Waals surface area contributed by atoms with Gasteiger partial charge in [0.15, 0.2) is 5.82 Å². The summed E-state index contributed by atoms with van der Waals surface area (Å²) in [6, 6.07) is 0. The lowest BCUT2D eigenvalue weighted by Crippen LogP contribution is -2.47. The van der Waals surface area contributed by atoms with E-state index in [-0.39, 0.29) is 23.4 Å². The number of nitrogen functional groups attached to an aromatic ring is 1. The van der Waals surface area contributed by atoms with Crippen LogP contribution in [0.15, 0.2) is 4.90 Å². The zero-order valence-corrected chi connectivity index (χ0v) is 13.5. The van der Waals surface area contributed by atoms with E-state index in [1.165, 1.54) is 4.68 Å². The number of hydrogen-bond donors (Lipinski definition) is 2. The third-order valence-corrected chi connectivity index (χ3v) is 5.33. The molecule has 2 heterocycles. The van der Waals surface area contributed by atoms with Gasteiger partial charge in [0.1, 0.15) is 4.90 Å². The van der Waals surface area contributed by atoms with Gasteiger partial charge in [-0.15, -0.1) is 0 Å². The Kier molecular flexibility index (Phi) is 4.87. The van der Waals surface area contributed by atoms with Gasteiger partial charge in [0.2, 0.25) is 10.0 Å². The molecule has 2 rings (SSSR count). The van der Waals surface area contributed by atoms with Crippen LogP contribution in [0.1, 0.15) is 12.6 Å². The van der Waals surface area contributed by atoms with Crippen molar-refractivity contribution in [3.8, 4) is 0 Å². The average Bonchev–Trinajstić information content (AvgIpc) is 2.71. The van der Waals surface area contributed by atoms with Crippen LogP contribution in [-0.2, 0) is 21.8 Å². The van der Waals surface area contributed by atoms with E-state index in [2.05, 4.69) is 21.6 Å². The first-order valence-corrected chi connectivity index (χ1v) is 8.46. The third-order valence-electron chi connectivity index (χ3n) is 3.74. The molecule has 8 nitrogen and oxygen atoms in total. The van der Waals surface area contributed by atoms with Gasteiger partial charge in [-0.2, -0.15) is 5.10 Å². The highest BCUT2D eigenvalue weighted by Gasteiger charge is 2.27. The number of rotatable bonds is 5. The van der Waals surface area contributed by atoms with Gasteiger partial charge in [0.05, 0.1) is 18.4 Å². The van der Waals surface area contributed by atoms with Crippen molar-refractivity contribution in [1.82, 2.24) is 19.4 Å².